The molecule has 0 saturated carbocycles. The van der Waals surface area contributed by atoms with Crippen molar-refractivity contribution in [3.05, 3.63) is 70.5 Å². The van der Waals surface area contributed by atoms with E-state index in [0.29, 0.717) is 18.7 Å². The van der Waals surface area contributed by atoms with Crippen molar-refractivity contribution in [3.8, 4) is 0 Å². The van der Waals surface area contributed by atoms with Gasteiger partial charge in [-0.1, -0.05) is 29.3 Å². The third-order valence-corrected chi connectivity index (χ3v) is 5.26. The van der Waals surface area contributed by atoms with E-state index in [-0.39, 0.29) is 29.6 Å². The topological polar surface area (TPSA) is 49.4 Å². The maximum atomic E-state index is 13.4. The zero-order chi connectivity index (χ0) is 20.3. The first-order chi connectivity index (χ1) is 13.3. The summed E-state index contributed by atoms with van der Waals surface area (Å²) in [5.74, 6) is -0.682. The van der Waals surface area contributed by atoms with Gasteiger partial charge in [0.1, 0.15) is 5.82 Å². The van der Waals surface area contributed by atoms with Gasteiger partial charge < -0.3 is 10.2 Å². The first-order valence-corrected chi connectivity index (χ1v) is 9.77. The molecule has 1 aliphatic rings. The Labute approximate surface area is 165 Å². The van der Waals surface area contributed by atoms with Gasteiger partial charge in [0, 0.05) is 18.7 Å². The van der Waals surface area contributed by atoms with Crippen LogP contribution in [0.1, 0.15) is 52.9 Å². The van der Waals surface area contributed by atoms with Crippen LogP contribution in [-0.4, -0.2) is 29.8 Å². The first-order valence-electron chi connectivity index (χ1n) is 9.77. The molecule has 5 heteroatoms. The largest absolute Gasteiger partial charge is 0.349 e. The minimum atomic E-state index is -0.318. The van der Waals surface area contributed by atoms with Gasteiger partial charge in [0.2, 0.25) is 5.91 Å². The van der Waals surface area contributed by atoms with Crippen molar-refractivity contribution >= 4 is 11.8 Å². The number of aryl methyl sites for hydroxylation is 2. The zero-order valence-electron chi connectivity index (χ0n) is 16.7. The second-order valence-corrected chi connectivity index (χ2v) is 7.75. The van der Waals surface area contributed by atoms with Crippen LogP contribution in [-0.2, 0) is 4.79 Å². The molecule has 0 aliphatic carbocycles. The summed E-state index contributed by atoms with van der Waals surface area (Å²) in [7, 11) is 0. The molecular formula is C23H27FN2O2. The molecule has 1 N–H and O–H groups in total. The standard InChI is InChI=1S/C23H27FN2O2/c1-15-10-16(2)12-20(11-15)23(28)26-9-5-7-19(14-26)22(27)25-17(3)18-6-4-8-21(24)13-18/h4,6,8,10-13,17,19H,5,7,9,14H2,1-3H3,(H,25,27)/t17-,19+/m0/s1. The van der Waals surface area contributed by atoms with Crippen LogP contribution in [0, 0.1) is 25.6 Å². The number of hydrogen-bond donors (Lipinski definition) is 1. The number of carbonyl (C=O) groups excluding carboxylic acids is 2. The molecule has 1 heterocycles. The predicted octanol–water partition coefficient (Wildman–Crippen LogP) is 4.17. The minimum Gasteiger partial charge on any atom is -0.349 e. The van der Waals surface area contributed by atoms with E-state index in [1.54, 1.807) is 17.0 Å². The Hall–Kier alpha value is -2.69. The molecule has 1 aliphatic heterocycles. The molecule has 1 saturated heterocycles. The Morgan fingerprint density at radius 3 is 2.54 bits per heavy atom. The van der Waals surface area contributed by atoms with Crippen molar-refractivity contribution in [1.82, 2.24) is 10.2 Å². The molecule has 0 radical (unpaired) electrons. The van der Waals surface area contributed by atoms with E-state index in [0.717, 1.165) is 29.5 Å². The van der Waals surface area contributed by atoms with Crippen LogP contribution in [0.15, 0.2) is 42.5 Å². The number of amides is 2. The Balaban J connectivity index is 1.65. The third kappa shape index (κ3) is 4.77. The average Bonchev–Trinajstić information content (AvgIpc) is 2.66. The van der Waals surface area contributed by atoms with Gasteiger partial charge in [0.05, 0.1) is 12.0 Å². The average molecular weight is 382 g/mol. The molecule has 0 aromatic heterocycles. The normalized spacial score (nSPS) is 17.9. The maximum Gasteiger partial charge on any atom is 0.253 e. The molecule has 2 atom stereocenters. The Kier molecular flexibility index (Phi) is 6.12. The third-order valence-electron chi connectivity index (χ3n) is 5.26. The number of carbonyl (C=O) groups is 2. The van der Waals surface area contributed by atoms with Crippen molar-refractivity contribution in [2.45, 2.75) is 39.7 Å². The van der Waals surface area contributed by atoms with Crippen LogP contribution in [0.3, 0.4) is 0 Å². The number of rotatable bonds is 4. The van der Waals surface area contributed by atoms with Crippen molar-refractivity contribution in [1.29, 1.82) is 0 Å². The van der Waals surface area contributed by atoms with Gasteiger partial charge in [-0.15, -0.1) is 0 Å². The molecule has 0 bridgehead atoms. The highest BCUT2D eigenvalue weighted by Gasteiger charge is 2.29. The quantitative estimate of drug-likeness (QED) is 0.863. The van der Waals surface area contributed by atoms with E-state index in [9.17, 15) is 14.0 Å². The van der Waals surface area contributed by atoms with E-state index >= 15 is 0 Å². The highest BCUT2D eigenvalue weighted by Crippen LogP contribution is 2.22. The van der Waals surface area contributed by atoms with Crippen molar-refractivity contribution in [3.63, 3.8) is 0 Å². The van der Waals surface area contributed by atoms with Crippen molar-refractivity contribution < 1.29 is 14.0 Å². The van der Waals surface area contributed by atoms with Gasteiger partial charge in [-0.25, -0.2) is 4.39 Å². The number of nitrogens with zero attached hydrogens (tertiary/aromatic N) is 1. The number of halogens is 1. The second kappa shape index (κ2) is 8.55. The molecule has 0 spiro atoms. The lowest BCUT2D eigenvalue weighted by molar-refractivity contribution is -0.127. The van der Waals surface area contributed by atoms with E-state index in [2.05, 4.69) is 5.32 Å². The minimum absolute atomic E-state index is 0.0255. The summed E-state index contributed by atoms with van der Waals surface area (Å²) in [6.07, 6.45) is 1.54. The summed E-state index contributed by atoms with van der Waals surface area (Å²) in [6, 6.07) is 11.8. The first kappa shape index (κ1) is 20.1. The van der Waals surface area contributed by atoms with Crippen LogP contribution in [0.2, 0.25) is 0 Å². The van der Waals surface area contributed by atoms with Gasteiger partial charge in [0.15, 0.2) is 0 Å². The molecule has 28 heavy (non-hydrogen) atoms. The molecule has 148 valence electrons. The number of nitrogens with one attached hydrogen (secondary N) is 1. The molecule has 3 rings (SSSR count). The Morgan fingerprint density at radius 2 is 1.86 bits per heavy atom. The van der Waals surface area contributed by atoms with E-state index in [4.69, 9.17) is 0 Å². The molecular weight excluding hydrogens is 355 g/mol. The molecule has 0 unspecified atom stereocenters. The van der Waals surface area contributed by atoms with E-state index < -0.39 is 0 Å². The number of likely N-dealkylation sites (tertiary alicyclic amines) is 1. The monoisotopic (exact) mass is 382 g/mol. The molecule has 2 aromatic rings. The lowest BCUT2D eigenvalue weighted by Gasteiger charge is -2.33. The van der Waals surface area contributed by atoms with Gasteiger partial charge in [-0.05, 0) is 63.4 Å². The summed E-state index contributed by atoms with van der Waals surface area (Å²) in [6.45, 7) is 6.87. The highest BCUT2D eigenvalue weighted by atomic mass is 19.1. The zero-order valence-corrected chi connectivity index (χ0v) is 16.7. The lowest BCUT2D eigenvalue weighted by Crippen LogP contribution is -2.45. The Morgan fingerprint density at radius 1 is 1.14 bits per heavy atom. The maximum absolute atomic E-state index is 13.4. The van der Waals surface area contributed by atoms with Crippen LogP contribution in [0.25, 0.3) is 0 Å². The molecule has 1 fully saturated rings. The molecule has 2 aromatic carbocycles. The van der Waals surface area contributed by atoms with E-state index in [1.807, 2.05) is 39.0 Å². The number of hydrogen-bond acceptors (Lipinski definition) is 2. The Bertz CT molecular complexity index is 860. The summed E-state index contributed by atoms with van der Waals surface area (Å²) < 4.78 is 13.4. The fourth-order valence-electron chi connectivity index (χ4n) is 3.85. The second-order valence-electron chi connectivity index (χ2n) is 7.75. The number of benzene rings is 2. The van der Waals surface area contributed by atoms with E-state index in [1.165, 1.54) is 12.1 Å². The smallest absolute Gasteiger partial charge is 0.253 e. The summed E-state index contributed by atoms with van der Waals surface area (Å²) >= 11 is 0. The lowest BCUT2D eigenvalue weighted by atomic mass is 9.95. The van der Waals surface area contributed by atoms with Gasteiger partial charge in [-0.2, -0.15) is 0 Å². The van der Waals surface area contributed by atoms with Gasteiger partial charge in [0.25, 0.3) is 5.91 Å². The van der Waals surface area contributed by atoms with Gasteiger partial charge in [-0.3, -0.25) is 9.59 Å². The SMILES string of the molecule is Cc1cc(C)cc(C(=O)N2CCC[C@@H](C(=O)N[C@@H](C)c3cccc(F)c3)C2)c1. The molecule has 2 amide bonds. The van der Waals surface area contributed by atoms with Crippen molar-refractivity contribution in [2.75, 3.05) is 13.1 Å². The summed E-state index contributed by atoms with van der Waals surface area (Å²) in [4.78, 5) is 27.4. The highest BCUT2D eigenvalue weighted by molar-refractivity contribution is 5.95. The van der Waals surface area contributed by atoms with Crippen LogP contribution < -0.4 is 5.32 Å². The number of piperidine rings is 1. The van der Waals surface area contributed by atoms with Crippen molar-refractivity contribution in [2.24, 2.45) is 5.92 Å². The predicted molar refractivity (Wildman–Crippen MR) is 108 cm³/mol. The van der Waals surface area contributed by atoms with Gasteiger partial charge >= 0.3 is 0 Å². The summed E-state index contributed by atoms with van der Waals surface area (Å²) in [5, 5.41) is 2.97. The fraction of sp³-hybridized carbons (Fsp3) is 0.391. The molecule has 4 nitrogen and oxygen atoms in total. The summed E-state index contributed by atoms with van der Waals surface area (Å²) in [5.41, 5.74) is 3.51. The van der Waals surface area contributed by atoms with Crippen LogP contribution in [0.4, 0.5) is 4.39 Å². The van der Waals surface area contributed by atoms with Crippen LogP contribution >= 0.6 is 0 Å². The fourth-order valence-corrected chi connectivity index (χ4v) is 3.85. The van der Waals surface area contributed by atoms with Crippen LogP contribution in [0.5, 0.6) is 0 Å².